The third-order valence-corrected chi connectivity index (χ3v) is 7.94. The van der Waals surface area contributed by atoms with E-state index < -0.39 is 5.97 Å². The van der Waals surface area contributed by atoms with Gasteiger partial charge in [0.2, 0.25) is 0 Å². The average molecular weight is 636 g/mol. The van der Waals surface area contributed by atoms with Crippen molar-refractivity contribution in [2.24, 2.45) is 0 Å². The van der Waals surface area contributed by atoms with E-state index in [1.807, 2.05) is 62.1 Å². The van der Waals surface area contributed by atoms with Gasteiger partial charge in [-0.05, 0) is 57.0 Å². The van der Waals surface area contributed by atoms with E-state index in [1.54, 1.807) is 4.90 Å². The minimum atomic E-state index is -1.06. The van der Waals surface area contributed by atoms with Crippen molar-refractivity contribution >= 4 is 34.3 Å². The molecule has 0 atom stereocenters. The molecule has 0 bridgehead atoms. The fraction of sp³-hybridized carbons (Fsp3) is 0.500. The van der Waals surface area contributed by atoms with Gasteiger partial charge in [0.1, 0.15) is 11.3 Å². The van der Waals surface area contributed by atoms with E-state index in [1.165, 1.54) is 6.20 Å². The summed E-state index contributed by atoms with van der Waals surface area (Å²) in [5.41, 5.74) is 1.97. The van der Waals surface area contributed by atoms with Gasteiger partial charge >= 0.3 is 12.0 Å². The standard InChI is InChI=1S/C34H45N5O7/c1-4-17-44-30-21-27-29(22-31(30)45-18-5-10-37-15-19-43-20-16-37)35-23-28(33(40)41)32(27)38-11-13-39(14-12-38)34(42)36-25-6-8-26(9-7-25)46-24(2)3/h6-9,21-24H,4-5,10-20H2,1-3H3,(H,36,42)(H,40,41). The van der Waals surface area contributed by atoms with E-state index >= 15 is 0 Å². The highest BCUT2D eigenvalue weighted by molar-refractivity contribution is 6.05. The lowest BCUT2D eigenvalue weighted by molar-refractivity contribution is 0.0357. The normalized spacial score (nSPS) is 15.7. The van der Waals surface area contributed by atoms with Crippen molar-refractivity contribution in [3.8, 4) is 17.2 Å². The van der Waals surface area contributed by atoms with Crippen LogP contribution < -0.4 is 24.4 Å². The first kappa shape index (κ1) is 33.1. The van der Waals surface area contributed by atoms with Crippen molar-refractivity contribution in [3.63, 3.8) is 0 Å². The van der Waals surface area contributed by atoms with Crippen LogP contribution in [-0.2, 0) is 4.74 Å². The number of amides is 2. The van der Waals surface area contributed by atoms with Crippen molar-refractivity contribution < 1.29 is 33.6 Å². The van der Waals surface area contributed by atoms with E-state index in [0.717, 1.165) is 51.4 Å². The number of benzene rings is 2. The molecular weight excluding hydrogens is 590 g/mol. The summed E-state index contributed by atoms with van der Waals surface area (Å²) in [5.74, 6) is 0.837. The minimum absolute atomic E-state index is 0.0671. The van der Waals surface area contributed by atoms with E-state index in [4.69, 9.17) is 18.9 Å². The first-order valence-electron chi connectivity index (χ1n) is 16.2. The summed E-state index contributed by atoms with van der Waals surface area (Å²) in [6.07, 6.45) is 3.14. The van der Waals surface area contributed by atoms with E-state index in [9.17, 15) is 14.7 Å². The number of carbonyl (C=O) groups is 2. The number of carboxylic acids is 1. The summed E-state index contributed by atoms with van der Waals surface area (Å²) in [6, 6.07) is 10.8. The van der Waals surface area contributed by atoms with Crippen LogP contribution in [0.25, 0.3) is 10.9 Å². The van der Waals surface area contributed by atoms with Gasteiger partial charge in [-0.25, -0.2) is 9.59 Å². The van der Waals surface area contributed by atoms with Crippen LogP contribution in [-0.4, -0.2) is 110 Å². The molecule has 46 heavy (non-hydrogen) atoms. The zero-order valence-corrected chi connectivity index (χ0v) is 27.0. The van der Waals surface area contributed by atoms with Crippen molar-refractivity contribution in [3.05, 3.63) is 48.2 Å². The number of carbonyl (C=O) groups excluding carboxylic acids is 1. The smallest absolute Gasteiger partial charge is 0.339 e. The third-order valence-electron chi connectivity index (χ3n) is 7.94. The number of morpholine rings is 1. The number of nitrogens with zero attached hydrogens (tertiary/aromatic N) is 4. The molecule has 2 N–H and O–H groups in total. The van der Waals surface area contributed by atoms with Crippen LogP contribution in [0.15, 0.2) is 42.6 Å². The van der Waals surface area contributed by atoms with E-state index in [-0.39, 0.29) is 17.7 Å². The molecule has 2 aliphatic heterocycles. The maximum Gasteiger partial charge on any atom is 0.339 e. The van der Waals surface area contributed by atoms with Crippen molar-refractivity contribution in [2.75, 3.05) is 82.5 Å². The Morgan fingerprint density at radius 1 is 0.978 bits per heavy atom. The summed E-state index contributed by atoms with van der Waals surface area (Å²) in [7, 11) is 0. The molecule has 5 rings (SSSR count). The van der Waals surface area contributed by atoms with Crippen LogP contribution in [0.4, 0.5) is 16.2 Å². The van der Waals surface area contributed by atoms with E-state index in [0.29, 0.717) is 73.2 Å². The Bertz CT molecular complexity index is 1470. The molecule has 12 heteroatoms. The molecule has 2 amide bonds. The Morgan fingerprint density at radius 2 is 1.67 bits per heavy atom. The van der Waals surface area contributed by atoms with Crippen molar-refractivity contribution in [1.29, 1.82) is 0 Å². The molecule has 0 aliphatic carbocycles. The fourth-order valence-electron chi connectivity index (χ4n) is 5.64. The monoisotopic (exact) mass is 635 g/mol. The van der Waals surface area contributed by atoms with Gasteiger partial charge in [-0.2, -0.15) is 0 Å². The van der Waals surface area contributed by atoms with Crippen molar-refractivity contribution in [1.82, 2.24) is 14.8 Å². The predicted octanol–water partition coefficient (Wildman–Crippen LogP) is 4.96. The highest BCUT2D eigenvalue weighted by atomic mass is 16.5. The van der Waals surface area contributed by atoms with Crippen LogP contribution >= 0.6 is 0 Å². The number of urea groups is 1. The molecule has 0 unspecified atom stereocenters. The predicted molar refractivity (Wildman–Crippen MR) is 177 cm³/mol. The van der Waals surface area contributed by atoms with Crippen LogP contribution in [0.5, 0.6) is 17.2 Å². The van der Waals surface area contributed by atoms with Crippen molar-refractivity contribution in [2.45, 2.75) is 39.7 Å². The number of ether oxygens (including phenoxy) is 4. The molecule has 2 aromatic carbocycles. The second-order valence-corrected chi connectivity index (χ2v) is 11.7. The van der Waals surface area contributed by atoms with Crippen LogP contribution in [0, 0.1) is 0 Å². The first-order chi connectivity index (χ1) is 22.3. The maximum absolute atomic E-state index is 13.1. The summed E-state index contributed by atoms with van der Waals surface area (Å²) < 4.78 is 23.4. The molecule has 3 heterocycles. The quantitative estimate of drug-likeness (QED) is 0.249. The lowest BCUT2D eigenvalue weighted by Crippen LogP contribution is -2.50. The Labute approximate surface area is 270 Å². The number of aromatic carboxylic acids is 1. The number of carboxylic acid groups (broad SMARTS) is 1. The molecule has 3 aromatic rings. The van der Waals surface area contributed by atoms with E-state index in [2.05, 4.69) is 15.2 Å². The Hall–Kier alpha value is -4.29. The zero-order chi connectivity index (χ0) is 32.5. The Balaban J connectivity index is 1.29. The number of rotatable bonds is 13. The average Bonchev–Trinajstić information content (AvgIpc) is 3.06. The van der Waals surface area contributed by atoms with Gasteiger partial charge in [-0.15, -0.1) is 0 Å². The largest absolute Gasteiger partial charge is 0.491 e. The number of aromatic nitrogens is 1. The Morgan fingerprint density at radius 3 is 2.35 bits per heavy atom. The van der Waals surface area contributed by atoms with Gasteiger partial charge in [0.05, 0.1) is 43.7 Å². The lowest BCUT2D eigenvalue weighted by atomic mass is 10.1. The molecule has 0 spiro atoms. The lowest BCUT2D eigenvalue weighted by Gasteiger charge is -2.37. The number of anilines is 2. The third kappa shape index (κ3) is 8.49. The topological polar surface area (TPSA) is 126 Å². The van der Waals surface area contributed by atoms with Gasteiger partial charge in [0, 0.05) is 69.2 Å². The zero-order valence-electron chi connectivity index (χ0n) is 27.0. The summed E-state index contributed by atoms with van der Waals surface area (Å²) in [6.45, 7) is 13.1. The molecule has 0 radical (unpaired) electrons. The number of fused-ring (bicyclic) bond motifs is 1. The summed E-state index contributed by atoms with van der Waals surface area (Å²) >= 11 is 0. The SMILES string of the molecule is CCCOc1cc2c(N3CCN(C(=O)Nc4ccc(OC(C)C)cc4)CC3)c(C(=O)O)cnc2cc1OCCCN1CCOCC1. The minimum Gasteiger partial charge on any atom is -0.491 e. The molecule has 12 nitrogen and oxygen atoms in total. The fourth-order valence-corrected chi connectivity index (χ4v) is 5.64. The van der Waals surface area contributed by atoms with Crippen LogP contribution in [0.1, 0.15) is 44.0 Å². The second-order valence-electron chi connectivity index (χ2n) is 11.7. The molecule has 2 saturated heterocycles. The number of hydrogen-bond acceptors (Lipinski definition) is 9. The molecule has 248 valence electrons. The van der Waals surface area contributed by atoms with Crippen LogP contribution in [0.2, 0.25) is 0 Å². The maximum atomic E-state index is 13.1. The highest BCUT2D eigenvalue weighted by Gasteiger charge is 2.27. The van der Waals surface area contributed by atoms with Gasteiger partial charge in [-0.3, -0.25) is 9.88 Å². The molecule has 2 aliphatic rings. The first-order valence-corrected chi connectivity index (χ1v) is 16.2. The highest BCUT2D eigenvalue weighted by Crippen LogP contribution is 2.38. The van der Waals surface area contributed by atoms with Gasteiger partial charge in [0.15, 0.2) is 11.5 Å². The molecule has 1 aromatic heterocycles. The number of hydrogen-bond donors (Lipinski definition) is 2. The number of piperazine rings is 1. The Kier molecular flexibility index (Phi) is 11.4. The molecule has 0 saturated carbocycles. The van der Waals surface area contributed by atoms with Crippen LogP contribution in [0.3, 0.4) is 0 Å². The van der Waals surface area contributed by atoms with Gasteiger partial charge in [0.25, 0.3) is 0 Å². The molecule has 2 fully saturated rings. The number of pyridine rings is 1. The van der Waals surface area contributed by atoms with Gasteiger partial charge < -0.3 is 39.2 Å². The molecular formula is C34H45N5O7. The summed E-state index contributed by atoms with van der Waals surface area (Å²) in [4.78, 5) is 36.1. The summed E-state index contributed by atoms with van der Waals surface area (Å²) in [5, 5.41) is 13.7. The number of nitrogens with one attached hydrogen (secondary N) is 1. The second kappa shape index (κ2) is 15.8. The van der Waals surface area contributed by atoms with Gasteiger partial charge in [-0.1, -0.05) is 6.92 Å².